The smallest absolute Gasteiger partial charge is 0.00943 e. The molecule has 0 radical (unpaired) electrons. The highest BCUT2D eigenvalue weighted by molar-refractivity contribution is 8.31. The SMILES string of the molecule is C=S1(=C)CCC(C)=C1C. The molecule has 0 aromatic rings. The highest BCUT2D eigenvalue weighted by atomic mass is 32.2. The van der Waals surface area contributed by atoms with Gasteiger partial charge in [0.15, 0.2) is 0 Å². The van der Waals surface area contributed by atoms with E-state index in [1.54, 1.807) is 0 Å². The van der Waals surface area contributed by atoms with Gasteiger partial charge in [0.2, 0.25) is 0 Å². The van der Waals surface area contributed by atoms with E-state index in [-0.39, 0.29) is 0 Å². The van der Waals surface area contributed by atoms with Crippen LogP contribution >= 0.6 is 9.21 Å². The van der Waals surface area contributed by atoms with Crippen LogP contribution in [0.3, 0.4) is 0 Å². The molecule has 0 saturated carbocycles. The Bertz CT molecular complexity index is 240. The number of allylic oxidation sites excluding steroid dienone is 2. The Balaban J connectivity index is 3.17. The quantitative estimate of drug-likeness (QED) is 0.455. The van der Waals surface area contributed by atoms with Gasteiger partial charge in [-0.05, 0) is 30.9 Å². The molecule has 1 aliphatic rings. The van der Waals surface area contributed by atoms with Crippen molar-refractivity contribution in [3.05, 3.63) is 10.5 Å². The molecule has 0 amide bonds. The average molecular weight is 142 g/mol. The second-order valence-electron chi connectivity index (χ2n) is 2.84. The Morgan fingerprint density at radius 2 is 1.89 bits per heavy atom. The van der Waals surface area contributed by atoms with Gasteiger partial charge in [-0.2, -0.15) is 9.21 Å². The van der Waals surface area contributed by atoms with Crippen molar-refractivity contribution in [1.82, 2.24) is 0 Å². The van der Waals surface area contributed by atoms with E-state index in [4.69, 9.17) is 0 Å². The van der Waals surface area contributed by atoms with Crippen LogP contribution in [0.1, 0.15) is 20.3 Å². The maximum atomic E-state index is 4.12. The van der Waals surface area contributed by atoms with Gasteiger partial charge in [-0.25, -0.2) is 0 Å². The molecule has 0 saturated heterocycles. The predicted molar refractivity (Wildman–Crippen MR) is 49.7 cm³/mol. The second kappa shape index (κ2) is 1.91. The van der Waals surface area contributed by atoms with Crippen molar-refractivity contribution in [2.75, 3.05) is 5.75 Å². The number of hydrogen-bond acceptors (Lipinski definition) is 0. The highest BCUT2D eigenvalue weighted by Crippen LogP contribution is 2.40. The first-order valence-corrected chi connectivity index (χ1v) is 5.31. The topological polar surface area (TPSA) is 0 Å². The van der Waals surface area contributed by atoms with E-state index < -0.39 is 9.21 Å². The van der Waals surface area contributed by atoms with Gasteiger partial charge >= 0.3 is 0 Å². The lowest BCUT2D eigenvalue weighted by Gasteiger charge is -2.05. The van der Waals surface area contributed by atoms with Crippen molar-refractivity contribution in [3.8, 4) is 0 Å². The van der Waals surface area contributed by atoms with Crippen LogP contribution in [0.4, 0.5) is 0 Å². The standard InChI is InChI=1S/C8H14S/c1-7-5-6-9(3,4)8(7)2/h3-6H2,1-2H3. The van der Waals surface area contributed by atoms with E-state index in [0.717, 1.165) is 0 Å². The molecule has 0 nitrogen and oxygen atoms in total. The van der Waals surface area contributed by atoms with Crippen LogP contribution in [0.5, 0.6) is 0 Å². The molecule has 0 N–H and O–H groups in total. The summed E-state index contributed by atoms with van der Waals surface area (Å²) in [5.41, 5.74) is 1.52. The summed E-state index contributed by atoms with van der Waals surface area (Å²) < 4.78 is 0. The number of hydrogen-bond donors (Lipinski definition) is 0. The molecule has 0 fully saturated rings. The van der Waals surface area contributed by atoms with E-state index in [1.165, 1.54) is 22.7 Å². The van der Waals surface area contributed by atoms with Gasteiger partial charge in [0.25, 0.3) is 0 Å². The Kier molecular flexibility index (Phi) is 1.47. The van der Waals surface area contributed by atoms with Crippen molar-refractivity contribution in [2.24, 2.45) is 0 Å². The largest absolute Gasteiger partial charge is 0.191 e. The Morgan fingerprint density at radius 3 is 2.00 bits per heavy atom. The lowest BCUT2D eigenvalue weighted by molar-refractivity contribution is 1.13. The van der Waals surface area contributed by atoms with Crippen LogP contribution in [0.2, 0.25) is 0 Å². The summed E-state index contributed by atoms with van der Waals surface area (Å²) in [5.74, 6) is 9.44. The molecule has 1 heteroatoms. The van der Waals surface area contributed by atoms with Gasteiger partial charge in [0.1, 0.15) is 0 Å². The molecule has 1 heterocycles. The van der Waals surface area contributed by atoms with Crippen molar-refractivity contribution in [2.45, 2.75) is 20.3 Å². The first-order chi connectivity index (χ1) is 4.04. The lowest BCUT2D eigenvalue weighted by Crippen LogP contribution is -1.75. The molecule has 0 unspecified atom stereocenters. The molecule has 0 atom stereocenters. The summed E-state index contributed by atoms with van der Waals surface area (Å²) >= 11 is 0. The molecule has 0 spiro atoms. The Labute approximate surface area is 58.1 Å². The zero-order chi connectivity index (χ0) is 7.07. The molecule has 0 aliphatic carbocycles. The maximum absolute atomic E-state index is 4.12. The van der Waals surface area contributed by atoms with Crippen molar-refractivity contribution < 1.29 is 0 Å². The first-order valence-electron chi connectivity index (χ1n) is 3.17. The van der Waals surface area contributed by atoms with Gasteiger partial charge in [-0.15, -0.1) is 0 Å². The van der Waals surface area contributed by atoms with Gasteiger partial charge in [-0.1, -0.05) is 17.3 Å². The van der Waals surface area contributed by atoms with E-state index in [0.29, 0.717) is 0 Å². The highest BCUT2D eigenvalue weighted by Gasteiger charge is 2.11. The van der Waals surface area contributed by atoms with Crippen LogP contribution in [-0.2, 0) is 0 Å². The second-order valence-corrected chi connectivity index (χ2v) is 5.95. The Hall–Kier alpha value is -0.170. The molecule has 0 aromatic carbocycles. The summed E-state index contributed by atoms with van der Waals surface area (Å²) in [6, 6.07) is 0. The Morgan fingerprint density at radius 1 is 1.33 bits per heavy atom. The number of rotatable bonds is 0. The fourth-order valence-corrected chi connectivity index (χ4v) is 2.89. The summed E-state index contributed by atoms with van der Waals surface area (Å²) in [6.45, 7) is 4.37. The van der Waals surface area contributed by atoms with Crippen LogP contribution < -0.4 is 0 Å². The van der Waals surface area contributed by atoms with Crippen LogP contribution in [0.25, 0.3) is 0 Å². The molecule has 9 heavy (non-hydrogen) atoms. The van der Waals surface area contributed by atoms with Crippen molar-refractivity contribution in [3.63, 3.8) is 0 Å². The minimum absolute atomic E-state index is 0.795. The summed E-state index contributed by atoms with van der Waals surface area (Å²) in [7, 11) is -0.795. The lowest BCUT2D eigenvalue weighted by atomic mass is 10.2. The normalized spacial score (nSPS) is 25.1. The summed E-state index contributed by atoms with van der Waals surface area (Å²) in [4.78, 5) is 1.47. The molecular formula is C8H14S. The molecule has 52 valence electrons. The van der Waals surface area contributed by atoms with Gasteiger partial charge in [0, 0.05) is 0 Å². The van der Waals surface area contributed by atoms with E-state index in [1.807, 2.05) is 0 Å². The fourth-order valence-electron chi connectivity index (χ4n) is 1.05. The third-order valence-corrected chi connectivity index (χ3v) is 4.75. The maximum Gasteiger partial charge on any atom is -0.00943 e. The van der Waals surface area contributed by atoms with Gasteiger partial charge in [-0.3, -0.25) is 0 Å². The van der Waals surface area contributed by atoms with E-state index in [9.17, 15) is 0 Å². The van der Waals surface area contributed by atoms with Gasteiger partial charge < -0.3 is 0 Å². The van der Waals surface area contributed by atoms with Crippen LogP contribution in [0.15, 0.2) is 10.5 Å². The molecular weight excluding hydrogens is 128 g/mol. The zero-order valence-corrected chi connectivity index (χ0v) is 7.05. The van der Waals surface area contributed by atoms with Gasteiger partial charge in [0.05, 0.1) is 0 Å². The molecule has 0 bridgehead atoms. The molecule has 0 aromatic heterocycles. The first kappa shape index (κ1) is 6.94. The monoisotopic (exact) mass is 142 g/mol. The third kappa shape index (κ3) is 1.06. The van der Waals surface area contributed by atoms with Crippen molar-refractivity contribution >= 4 is 20.9 Å². The summed E-state index contributed by atoms with van der Waals surface area (Å²) in [6.07, 6.45) is 1.23. The van der Waals surface area contributed by atoms with E-state index >= 15 is 0 Å². The average Bonchev–Trinajstić information content (AvgIpc) is 1.97. The van der Waals surface area contributed by atoms with E-state index in [2.05, 4.69) is 25.6 Å². The summed E-state index contributed by atoms with van der Waals surface area (Å²) in [5, 5.41) is 0. The van der Waals surface area contributed by atoms with Crippen LogP contribution in [-0.4, -0.2) is 17.5 Å². The minimum atomic E-state index is -0.795. The van der Waals surface area contributed by atoms with Crippen LogP contribution in [0, 0.1) is 0 Å². The van der Waals surface area contributed by atoms with Crippen molar-refractivity contribution in [1.29, 1.82) is 0 Å². The molecule has 1 rings (SSSR count). The zero-order valence-electron chi connectivity index (χ0n) is 6.24. The minimum Gasteiger partial charge on any atom is -0.191 e. The third-order valence-electron chi connectivity index (χ3n) is 2.12. The fraction of sp³-hybridized carbons (Fsp3) is 0.500. The molecule has 1 aliphatic heterocycles. The predicted octanol–water partition coefficient (Wildman–Crippen LogP) is 2.35.